The zero-order valence-electron chi connectivity index (χ0n) is 17.6. The number of carbonyl (C=O) groups is 1. The minimum Gasteiger partial charge on any atom is -0.466 e. The van der Waals surface area contributed by atoms with Crippen LogP contribution in [0.5, 0.6) is 0 Å². The number of benzene rings is 1. The summed E-state index contributed by atoms with van der Waals surface area (Å²) in [5.41, 5.74) is 1.59. The average molecular weight is 423 g/mol. The second-order valence-corrected chi connectivity index (χ2v) is 9.69. The molecule has 0 N–H and O–H groups in total. The molecule has 1 aliphatic heterocycles. The molecule has 0 bridgehead atoms. The maximum atomic E-state index is 12.4. The first-order valence-electron chi connectivity index (χ1n) is 10.1. The summed E-state index contributed by atoms with van der Waals surface area (Å²) in [4.78, 5) is 19.3. The summed E-state index contributed by atoms with van der Waals surface area (Å²) in [7, 11) is -0.466. The molecule has 1 fully saturated rings. The third kappa shape index (κ3) is 4.46. The summed E-state index contributed by atoms with van der Waals surface area (Å²) in [5.74, 6) is 0.658. The van der Waals surface area contributed by atoms with E-state index in [-0.39, 0.29) is 16.8 Å². The fraction of sp³-hybridized carbons (Fsp3) is 0.600. The zero-order chi connectivity index (χ0) is 21.2. The van der Waals surface area contributed by atoms with Gasteiger partial charge < -0.3 is 9.30 Å². The van der Waals surface area contributed by atoms with Crippen molar-refractivity contribution in [2.75, 3.05) is 33.8 Å². The van der Waals surface area contributed by atoms with E-state index in [1.165, 1.54) is 18.4 Å². The quantitative estimate of drug-likeness (QED) is 0.635. The normalized spacial score (nSPS) is 18.4. The van der Waals surface area contributed by atoms with E-state index in [1.54, 1.807) is 12.1 Å². The topological polar surface area (TPSA) is 84.7 Å². The fourth-order valence-corrected chi connectivity index (χ4v) is 4.78. The molecule has 3 rings (SSSR count). The largest absolute Gasteiger partial charge is 0.466 e. The van der Waals surface area contributed by atoms with Crippen molar-refractivity contribution in [3.63, 3.8) is 0 Å². The van der Waals surface area contributed by atoms with Gasteiger partial charge in [0, 0.05) is 27.2 Å². The number of hydrogen-bond acceptors (Lipinski definition) is 6. The molecule has 1 aromatic carbocycles. The Kier molecular flexibility index (Phi) is 6.60. The van der Waals surface area contributed by atoms with Crippen LogP contribution in [0.2, 0.25) is 0 Å². The molecule has 0 saturated carbocycles. The van der Waals surface area contributed by atoms with E-state index in [1.807, 2.05) is 19.9 Å². The predicted octanol–water partition coefficient (Wildman–Crippen LogP) is 2.08. The maximum absolute atomic E-state index is 12.4. The number of carbonyl (C=O) groups excluding carboxylic acids is 1. The number of hydrogen-bond donors (Lipinski definition) is 0. The number of piperidine rings is 1. The number of ether oxygens (including phenoxy) is 1. The first-order valence-corrected chi connectivity index (χ1v) is 11.5. The fourth-order valence-electron chi connectivity index (χ4n) is 3.86. The van der Waals surface area contributed by atoms with Crippen molar-refractivity contribution in [2.24, 2.45) is 5.92 Å². The van der Waals surface area contributed by atoms with Crippen molar-refractivity contribution in [1.29, 1.82) is 0 Å². The molecular formula is C20H30N4O4S. The van der Waals surface area contributed by atoms with Crippen molar-refractivity contribution in [3.8, 4) is 0 Å². The third-order valence-corrected chi connectivity index (χ3v) is 7.20. The molecule has 29 heavy (non-hydrogen) atoms. The van der Waals surface area contributed by atoms with Gasteiger partial charge in [-0.25, -0.2) is 17.7 Å². The van der Waals surface area contributed by atoms with Gasteiger partial charge in [0.1, 0.15) is 5.82 Å². The van der Waals surface area contributed by atoms with Crippen molar-refractivity contribution in [1.82, 2.24) is 18.8 Å². The Balaban J connectivity index is 1.86. The van der Waals surface area contributed by atoms with E-state index < -0.39 is 10.0 Å². The molecule has 9 heteroatoms. The first kappa shape index (κ1) is 21.7. The number of esters is 1. The number of rotatable bonds is 7. The van der Waals surface area contributed by atoms with Gasteiger partial charge in [0.05, 0.1) is 35.0 Å². The predicted molar refractivity (Wildman–Crippen MR) is 111 cm³/mol. The van der Waals surface area contributed by atoms with E-state index in [9.17, 15) is 13.2 Å². The second kappa shape index (κ2) is 8.81. The molecule has 1 saturated heterocycles. The lowest BCUT2D eigenvalue weighted by molar-refractivity contribution is -0.150. The SMILES string of the molecule is CCOC(=O)C1CCCN(Cc2nc3cc(S(=O)(=O)N(C)C)ccc3n2CC)C1. The summed E-state index contributed by atoms with van der Waals surface area (Å²) < 4.78 is 33.4. The highest BCUT2D eigenvalue weighted by Gasteiger charge is 2.28. The van der Waals surface area contributed by atoms with Crippen molar-refractivity contribution in [3.05, 3.63) is 24.0 Å². The highest BCUT2D eigenvalue weighted by molar-refractivity contribution is 7.89. The Bertz CT molecular complexity index is 984. The van der Waals surface area contributed by atoms with E-state index >= 15 is 0 Å². The third-order valence-electron chi connectivity index (χ3n) is 5.38. The maximum Gasteiger partial charge on any atom is 0.310 e. The van der Waals surface area contributed by atoms with Crippen molar-refractivity contribution in [2.45, 2.75) is 44.7 Å². The number of aromatic nitrogens is 2. The highest BCUT2D eigenvalue weighted by Crippen LogP contribution is 2.24. The number of aryl methyl sites for hydroxylation is 1. The molecule has 0 spiro atoms. The van der Waals surface area contributed by atoms with E-state index in [0.29, 0.717) is 25.2 Å². The van der Waals surface area contributed by atoms with Crippen LogP contribution in [0.1, 0.15) is 32.5 Å². The van der Waals surface area contributed by atoms with Gasteiger partial charge in [-0.15, -0.1) is 0 Å². The van der Waals surface area contributed by atoms with Gasteiger partial charge in [-0.1, -0.05) is 0 Å². The molecule has 1 atom stereocenters. The van der Waals surface area contributed by atoms with Crippen LogP contribution in [-0.2, 0) is 32.6 Å². The van der Waals surface area contributed by atoms with Gasteiger partial charge in [0.2, 0.25) is 10.0 Å². The lowest BCUT2D eigenvalue weighted by atomic mass is 9.98. The summed E-state index contributed by atoms with van der Waals surface area (Å²) in [6, 6.07) is 5.09. The molecule has 8 nitrogen and oxygen atoms in total. The van der Waals surface area contributed by atoms with Crippen molar-refractivity contribution >= 4 is 27.0 Å². The van der Waals surface area contributed by atoms with Gasteiger partial charge in [0.25, 0.3) is 0 Å². The minimum absolute atomic E-state index is 0.0972. The Morgan fingerprint density at radius 1 is 1.31 bits per heavy atom. The van der Waals surface area contributed by atoms with Crippen LogP contribution < -0.4 is 0 Å². The molecule has 1 aliphatic rings. The number of fused-ring (bicyclic) bond motifs is 1. The van der Waals surface area contributed by atoms with Gasteiger partial charge in [0.15, 0.2) is 0 Å². The first-order chi connectivity index (χ1) is 13.8. The van der Waals surface area contributed by atoms with E-state index in [0.717, 1.165) is 37.3 Å². The second-order valence-electron chi connectivity index (χ2n) is 7.54. The molecule has 160 valence electrons. The zero-order valence-corrected chi connectivity index (χ0v) is 18.4. The van der Waals surface area contributed by atoms with Gasteiger partial charge in [-0.05, 0) is 51.4 Å². The van der Waals surface area contributed by atoms with E-state index in [2.05, 4.69) is 9.47 Å². The van der Waals surface area contributed by atoms with Crippen LogP contribution in [-0.4, -0.2) is 66.9 Å². The summed E-state index contributed by atoms with van der Waals surface area (Å²) in [6.45, 7) is 7.20. The van der Waals surface area contributed by atoms with Crippen LogP contribution in [0.3, 0.4) is 0 Å². The van der Waals surface area contributed by atoms with Gasteiger partial charge in [-0.2, -0.15) is 0 Å². The molecule has 0 aliphatic carbocycles. The number of sulfonamides is 1. The Morgan fingerprint density at radius 3 is 2.72 bits per heavy atom. The van der Waals surface area contributed by atoms with Gasteiger partial charge >= 0.3 is 5.97 Å². The monoisotopic (exact) mass is 422 g/mol. The van der Waals surface area contributed by atoms with Crippen molar-refractivity contribution < 1.29 is 17.9 Å². The molecule has 0 amide bonds. The Labute approximate surface area is 172 Å². The molecule has 1 unspecified atom stereocenters. The minimum atomic E-state index is -3.51. The number of likely N-dealkylation sites (tertiary alicyclic amines) is 1. The lowest BCUT2D eigenvalue weighted by Gasteiger charge is -2.31. The highest BCUT2D eigenvalue weighted by atomic mass is 32.2. The van der Waals surface area contributed by atoms with Crippen LogP contribution in [0.4, 0.5) is 0 Å². The molecule has 1 aromatic heterocycles. The molecule has 0 radical (unpaired) electrons. The number of nitrogens with zero attached hydrogens (tertiary/aromatic N) is 4. The smallest absolute Gasteiger partial charge is 0.310 e. The molecule has 2 heterocycles. The van der Waals surface area contributed by atoms with Crippen LogP contribution in [0.25, 0.3) is 11.0 Å². The number of imidazole rings is 1. The Hall–Kier alpha value is -1.97. The summed E-state index contributed by atoms with van der Waals surface area (Å²) in [5, 5.41) is 0. The molecular weight excluding hydrogens is 392 g/mol. The summed E-state index contributed by atoms with van der Waals surface area (Å²) in [6.07, 6.45) is 1.80. The van der Waals surface area contributed by atoms with E-state index in [4.69, 9.17) is 9.72 Å². The lowest BCUT2D eigenvalue weighted by Crippen LogP contribution is -2.39. The summed E-state index contributed by atoms with van der Waals surface area (Å²) >= 11 is 0. The van der Waals surface area contributed by atoms with Gasteiger partial charge in [-0.3, -0.25) is 9.69 Å². The molecule has 2 aromatic rings. The average Bonchev–Trinajstić information content (AvgIpc) is 3.04. The van der Waals surface area contributed by atoms with Crippen LogP contribution >= 0.6 is 0 Å². The Morgan fingerprint density at radius 2 is 2.07 bits per heavy atom. The van der Waals surface area contributed by atoms with Crippen LogP contribution in [0.15, 0.2) is 23.1 Å². The standard InChI is InChI=1S/C20H30N4O4S/c1-5-24-18-10-9-16(29(26,27)22(3)4)12-17(18)21-19(24)14-23-11-7-8-15(13-23)20(25)28-6-2/h9-10,12,15H,5-8,11,13-14H2,1-4H3. The van der Waals surface area contributed by atoms with Crippen LogP contribution in [0, 0.1) is 5.92 Å².